The number of hydrogen-bond acceptors (Lipinski definition) is 4. The van der Waals surface area contributed by atoms with Gasteiger partial charge in [-0.05, 0) is 41.5 Å². The Morgan fingerprint density at radius 3 is 2.27 bits per heavy atom. The first-order chi connectivity index (χ1) is 15.6. The Morgan fingerprint density at radius 2 is 1.67 bits per heavy atom. The van der Waals surface area contributed by atoms with Crippen molar-refractivity contribution in [1.29, 1.82) is 0 Å². The van der Waals surface area contributed by atoms with E-state index < -0.39 is 24.2 Å². The van der Waals surface area contributed by atoms with Gasteiger partial charge in [0.2, 0.25) is 0 Å². The second-order valence-electron chi connectivity index (χ2n) is 7.41. The highest BCUT2D eigenvalue weighted by atomic mass is 35.5. The molecule has 1 atom stereocenters. The minimum atomic E-state index is -4.81. The lowest BCUT2D eigenvalue weighted by molar-refractivity contribution is -0.275. The van der Waals surface area contributed by atoms with Crippen LogP contribution in [0, 0.1) is 0 Å². The van der Waals surface area contributed by atoms with Gasteiger partial charge in [-0.2, -0.15) is 13.2 Å². The second-order valence-corrected chi connectivity index (χ2v) is 8.28. The number of alkyl halides is 3. The van der Waals surface area contributed by atoms with Crippen LogP contribution in [0.25, 0.3) is 11.1 Å². The molecule has 170 valence electrons. The summed E-state index contributed by atoms with van der Waals surface area (Å²) in [5.41, 5.74) is -1.08. The van der Waals surface area contributed by atoms with Gasteiger partial charge in [-0.25, -0.2) is 4.79 Å². The highest BCUT2D eigenvalue weighted by Crippen LogP contribution is 2.49. The number of methoxy groups -OCH3 is 1. The van der Waals surface area contributed by atoms with Crippen LogP contribution in [0.15, 0.2) is 71.9 Å². The average Bonchev–Trinajstić information content (AvgIpc) is 3.25. The molecule has 1 aliphatic heterocycles. The molecule has 0 amide bonds. The minimum Gasteiger partial charge on any atom is -0.465 e. The molecule has 0 spiro atoms. The van der Waals surface area contributed by atoms with Crippen molar-refractivity contribution < 1.29 is 27.5 Å². The molecule has 0 N–H and O–H groups in total. The van der Waals surface area contributed by atoms with Gasteiger partial charge >= 0.3 is 12.1 Å². The Bertz CT molecular complexity index is 1230. The molecule has 0 fully saturated rings. The largest absolute Gasteiger partial charge is 0.465 e. The van der Waals surface area contributed by atoms with Crippen LogP contribution in [-0.4, -0.2) is 25.0 Å². The smallest absolute Gasteiger partial charge is 0.435 e. The maximum absolute atomic E-state index is 14.3. The van der Waals surface area contributed by atoms with Crippen LogP contribution in [-0.2, 0) is 15.2 Å². The zero-order valence-corrected chi connectivity index (χ0v) is 18.6. The normalized spacial score (nSPS) is 17.9. The Kier molecular flexibility index (Phi) is 6.12. The van der Waals surface area contributed by atoms with Crippen molar-refractivity contribution in [2.24, 2.45) is 5.16 Å². The molecule has 3 aromatic carbocycles. The van der Waals surface area contributed by atoms with Gasteiger partial charge in [0.05, 0.1) is 18.4 Å². The van der Waals surface area contributed by atoms with E-state index in [9.17, 15) is 18.0 Å². The van der Waals surface area contributed by atoms with Gasteiger partial charge in [-0.3, -0.25) is 0 Å². The van der Waals surface area contributed by atoms with Crippen LogP contribution < -0.4 is 0 Å². The first kappa shape index (κ1) is 23.1. The number of hydrogen-bond donors (Lipinski definition) is 0. The predicted molar refractivity (Wildman–Crippen MR) is 120 cm³/mol. The lowest BCUT2D eigenvalue weighted by atomic mass is 9.85. The lowest BCUT2D eigenvalue weighted by Crippen LogP contribution is -2.42. The summed E-state index contributed by atoms with van der Waals surface area (Å²) >= 11 is 11.9. The third-order valence-corrected chi connectivity index (χ3v) is 5.79. The molecule has 0 saturated heterocycles. The Balaban J connectivity index is 1.78. The molecule has 3 aromatic rings. The number of carbonyl (C=O) groups is 1. The van der Waals surface area contributed by atoms with Crippen LogP contribution in [0.4, 0.5) is 13.2 Å². The van der Waals surface area contributed by atoms with Gasteiger partial charge in [0.25, 0.3) is 5.60 Å². The van der Waals surface area contributed by atoms with Gasteiger partial charge in [0, 0.05) is 27.6 Å². The summed E-state index contributed by atoms with van der Waals surface area (Å²) in [5, 5.41) is 3.88. The summed E-state index contributed by atoms with van der Waals surface area (Å²) in [6.45, 7) is 0. The third-order valence-electron chi connectivity index (χ3n) is 5.36. The predicted octanol–water partition coefficient (Wildman–Crippen LogP) is 7.03. The van der Waals surface area contributed by atoms with E-state index in [-0.39, 0.29) is 26.9 Å². The van der Waals surface area contributed by atoms with Gasteiger partial charge in [0.1, 0.15) is 0 Å². The van der Waals surface area contributed by atoms with E-state index in [4.69, 9.17) is 32.8 Å². The van der Waals surface area contributed by atoms with Crippen molar-refractivity contribution in [2.45, 2.75) is 18.2 Å². The minimum absolute atomic E-state index is 0.0481. The molecular weight excluding hydrogens is 478 g/mol. The molecule has 1 unspecified atom stereocenters. The number of carbonyl (C=O) groups excluding carboxylic acids is 1. The van der Waals surface area contributed by atoms with Crippen molar-refractivity contribution in [2.75, 3.05) is 7.11 Å². The lowest BCUT2D eigenvalue weighted by Gasteiger charge is -2.29. The van der Waals surface area contributed by atoms with E-state index in [0.717, 1.165) is 12.1 Å². The monoisotopic (exact) mass is 493 g/mol. The molecule has 0 saturated carbocycles. The highest BCUT2D eigenvalue weighted by molar-refractivity contribution is 6.34. The van der Waals surface area contributed by atoms with Crippen LogP contribution in [0.5, 0.6) is 0 Å². The summed E-state index contributed by atoms with van der Waals surface area (Å²) in [4.78, 5) is 17.3. The number of esters is 1. The fourth-order valence-electron chi connectivity index (χ4n) is 3.71. The van der Waals surface area contributed by atoms with Crippen molar-refractivity contribution in [3.05, 3.63) is 93.5 Å². The SMILES string of the molecule is COC(=O)c1ccc(C2=NOC(c3cc(Cl)cc(Cl)c3)(C(F)(F)F)C2)cc1-c1ccccc1. The third kappa shape index (κ3) is 4.30. The van der Waals surface area contributed by atoms with Crippen LogP contribution in [0.3, 0.4) is 0 Å². The topological polar surface area (TPSA) is 47.9 Å². The zero-order valence-electron chi connectivity index (χ0n) is 17.1. The van der Waals surface area contributed by atoms with E-state index in [2.05, 4.69) is 5.16 Å². The van der Waals surface area contributed by atoms with Gasteiger partial charge in [0.15, 0.2) is 0 Å². The van der Waals surface area contributed by atoms with Gasteiger partial charge < -0.3 is 9.57 Å². The number of halogens is 5. The Labute approximate surface area is 197 Å². The molecule has 0 aliphatic carbocycles. The summed E-state index contributed by atoms with van der Waals surface area (Å²) in [6.07, 6.45) is -5.40. The van der Waals surface area contributed by atoms with E-state index in [0.29, 0.717) is 16.7 Å². The summed E-state index contributed by atoms with van der Waals surface area (Å²) in [5.74, 6) is -0.566. The van der Waals surface area contributed by atoms with E-state index in [1.165, 1.54) is 25.3 Å². The molecule has 0 bridgehead atoms. The van der Waals surface area contributed by atoms with Crippen molar-refractivity contribution in [1.82, 2.24) is 0 Å². The fourth-order valence-corrected chi connectivity index (χ4v) is 4.24. The van der Waals surface area contributed by atoms with Crippen molar-refractivity contribution in [3.63, 3.8) is 0 Å². The van der Waals surface area contributed by atoms with E-state index in [1.54, 1.807) is 30.3 Å². The van der Waals surface area contributed by atoms with Gasteiger partial charge in [-0.15, -0.1) is 0 Å². The standard InChI is InChI=1S/C24H16Cl2F3NO3/c1-32-22(31)19-8-7-15(9-20(19)14-5-3-2-4-6-14)21-13-23(33-30-21,24(27,28)29)16-10-17(25)12-18(26)11-16/h2-12H,13H2,1H3. The second kappa shape index (κ2) is 8.72. The number of rotatable bonds is 4. The van der Waals surface area contributed by atoms with Crippen LogP contribution in [0.1, 0.15) is 27.9 Å². The van der Waals surface area contributed by atoms with E-state index in [1.807, 2.05) is 6.07 Å². The van der Waals surface area contributed by atoms with E-state index >= 15 is 0 Å². The molecule has 0 aromatic heterocycles. The molecule has 0 radical (unpaired) electrons. The molecule has 4 rings (SSSR count). The summed E-state index contributed by atoms with van der Waals surface area (Å²) in [7, 11) is 1.26. The Morgan fingerprint density at radius 1 is 1.00 bits per heavy atom. The number of nitrogens with zero attached hydrogens (tertiary/aromatic N) is 1. The van der Waals surface area contributed by atoms with Crippen LogP contribution in [0.2, 0.25) is 10.0 Å². The zero-order chi connectivity index (χ0) is 23.8. The quantitative estimate of drug-likeness (QED) is 0.366. The number of benzene rings is 3. The molecule has 1 heterocycles. The number of ether oxygens (including phenoxy) is 1. The summed E-state index contributed by atoms with van der Waals surface area (Å²) < 4.78 is 47.7. The first-order valence-corrected chi connectivity index (χ1v) is 10.5. The Hall–Kier alpha value is -3.03. The molecule has 1 aliphatic rings. The van der Waals surface area contributed by atoms with Crippen molar-refractivity contribution in [3.8, 4) is 11.1 Å². The van der Waals surface area contributed by atoms with Gasteiger partial charge in [-0.1, -0.05) is 64.8 Å². The molecule has 4 nitrogen and oxygen atoms in total. The highest BCUT2D eigenvalue weighted by Gasteiger charge is 2.62. The first-order valence-electron chi connectivity index (χ1n) is 9.71. The fraction of sp³-hybridized carbons (Fsp3) is 0.167. The molecule has 9 heteroatoms. The van der Waals surface area contributed by atoms with Crippen molar-refractivity contribution >= 4 is 34.9 Å². The average molecular weight is 494 g/mol. The molecule has 33 heavy (non-hydrogen) atoms. The maximum Gasteiger partial charge on any atom is 0.435 e. The molecular formula is C24H16Cl2F3NO3. The summed E-state index contributed by atoms with van der Waals surface area (Å²) in [6, 6.07) is 17.2. The number of oxime groups is 1. The van der Waals surface area contributed by atoms with Crippen LogP contribution >= 0.6 is 23.2 Å². The maximum atomic E-state index is 14.3.